The molecule has 19 heavy (non-hydrogen) atoms. The number of thiophene rings is 1. The molecule has 1 aliphatic rings. The summed E-state index contributed by atoms with van der Waals surface area (Å²) in [6.45, 7) is 3.11. The molecule has 1 amide bonds. The Morgan fingerprint density at radius 1 is 1.47 bits per heavy atom. The maximum absolute atomic E-state index is 12.1. The lowest BCUT2D eigenvalue weighted by Gasteiger charge is -2.34. The summed E-state index contributed by atoms with van der Waals surface area (Å²) in [6.07, 6.45) is 3.23. The summed E-state index contributed by atoms with van der Waals surface area (Å²) in [4.78, 5) is 19.3. The van der Waals surface area contributed by atoms with E-state index in [1.54, 1.807) is 22.3 Å². The van der Waals surface area contributed by atoms with E-state index >= 15 is 0 Å². The van der Waals surface area contributed by atoms with Crippen LogP contribution in [0.15, 0.2) is 30.2 Å². The van der Waals surface area contributed by atoms with Gasteiger partial charge in [0.05, 0.1) is 6.54 Å². The lowest BCUT2D eigenvalue weighted by Crippen LogP contribution is -2.50. The number of hydrogen-bond acceptors (Lipinski definition) is 5. The molecule has 7 heteroatoms. The van der Waals surface area contributed by atoms with E-state index in [4.69, 9.17) is 0 Å². The van der Waals surface area contributed by atoms with Gasteiger partial charge >= 0.3 is 0 Å². The Hall–Kier alpha value is -1.73. The highest BCUT2D eigenvalue weighted by Gasteiger charge is 2.31. The smallest absolute Gasteiger partial charge is 0.242 e. The summed E-state index contributed by atoms with van der Waals surface area (Å²) < 4.78 is 1.79. The van der Waals surface area contributed by atoms with E-state index in [-0.39, 0.29) is 11.9 Å². The Labute approximate surface area is 115 Å². The summed E-state index contributed by atoms with van der Waals surface area (Å²) in [5, 5.41) is 9.03. The Bertz CT molecular complexity index is 524. The van der Waals surface area contributed by atoms with Crippen molar-refractivity contribution in [2.75, 3.05) is 19.6 Å². The molecular weight excluding hydrogens is 262 g/mol. The topological polar surface area (TPSA) is 63.1 Å². The molecule has 1 unspecified atom stereocenters. The molecule has 1 atom stereocenters. The van der Waals surface area contributed by atoms with Gasteiger partial charge in [-0.3, -0.25) is 14.4 Å². The second-order valence-electron chi connectivity index (χ2n) is 4.40. The number of rotatable bonds is 4. The summed E-state index contributed by atoms with van der Waals surface area (Å²) in [6, 6.07) is 3.83. The monoisotopic (exact) mass is 277 g/mol. The van der Waals surface area contributed by atoms with E-state index < -0.39 is 0 Å². The third-order valence-electron chi connectivity index (χ3n) is 3.21. The number of hydrogen-bond donors (Lipinski definition) is 1. The molecule has 100 valence electrons. The van der Waals surface area contributed by atoms with Crippen LogP contribution in [0.3, 0.4) is 0 Å². The van der Waals surface area contributed by atoms with Crippen LogP contribution in [0.1, 0.15) is 10.9 Å². The maximum Gasteiger partial charge on any atom is 0.242 e. The molecule has 1 fully saturated rings. The molecule has 6 nitrogen and oxygen atoms in total. The van der Waals surface area contributed by atoms with Crippen molar-refractivity contribution < 1.29 is 4.79 Å². The fourth-order valence-electron chi connectivity index (χ4n) is 2.29. The average Bonchev–Trinajstić information content (AvgIpc) is 3.09. The molecule has 2 aromatic rings. The van der Waals surface area contributed by atoms with Crippen molar-refractivity contribution in [3.8, 4) is 0 Å². The van der Waals surface area contributed by atoms with Crippen LogP contribution in [0.25, 0.3) is 0 Å². The maximum atomic E-state index is 12.1. The predicted octanol–water partition coefficient (Wildman–Crippen LogP) is 0.513. The van der Waals surface area contributed by atoms with E-state index in [9.17, 15) is 4.79 Å². The van der Waals surface area contributed by atoms with Gasteiger partial charge in [-0.05, 0) is 11.4 Å². The zero-order valence-corrected chi connectivity index (χ0v) is 11.2. The second kappa shape index (κ2) is 5.50. The lowest BCUT2D eigenvalue weighted by molar-refractivity contribution is -0.129. The zero-order valence-electron chi connectivity index (χ0n) is 10.4. The van der Waals surface area contributed by atoms with Crippen molar-refractivity contribution in [3.63, 3.8) is 0 Å². The molecule has 0 aliphatic carbocycles. The van der Waals surface area contributed by atoms with Crippen LogP contribution >= 0.6 is 11.3 Å². The summed E-state index contributed by atoms with van der Waals surface area (Å²) in [5.74, 6) is 0.0901. The van der Waals surface area contributed by atoms with E-state index in [0.717, 1.165) is 24.5 Å². The van der Waals surface area contributed by atoms with Gasteiger partial charge in [-0.15, -0.1) is 11.3 Å². The largest absolute Gasteiger partial charge is 0.353 e. The van der Waals surface area contributed by atoms with Crippen molar-refractivity contribution in [2.24, 2.45) is 0 Å². The minimum Gasteiger partial charge on any atom is -0.353 e. The van der Waals surface area contributed by atoms with Crippen molar-refractivity contribution in [1.82, 2.24) is 25.0 Å². The Kier molecular flexibility index (Phi) is 3.56. The number of nitrogens with zero attached hydrogens (tertiary/aromatic N) is 4. The van der Waals surface area contributed by atoms with Gasteiger partial charge in [-0.25, -0.2) is 4.98 Å². The Balaban J connectivity index is 1.72. The highest BCUT2D eigenvalue weighted by Crippen LogP contribution is 2.26. The first-order chi connectivity index (χ1) is 9.34. The van der Waals surface area contributed by atoms with Gasteiger partial charge in [0, 0.05) is 24.5 Å². The van der Waals surface area contributed by atoms with Gasteiger partial charge in [0.25, 0.3) is 0 Å². The lowest BCUT2D eigenvalue weighted by atomic mass is 10.1. The molecule has 0 saturated carbocycles. The molecule has 0 bridgehead atoms. The first kappa shape index (κ1) is 12.3. The minimum absolute atomic E-state index is 0.0901. The van der Waals surface area contributed by atoms with Crippen molar-refractivity contribution in [2.45, 2.75) is 12.6 Å². The number of carbonyl (C=O) groups excluding carboxylic acids is 1. The number of carbonyl (C=O) groups is 1. The number of piperazine rings is 1. The van der Waals surface area contributed by atoms with Crippen LogP contribution in [-0.2, 0) is 11.3 Å². The van der Waals surface area contributed by atoms with Gasteiger partial charge in [0.15, 0.2) is 0 Å². The van der Waals surface area contributed by atoms with Gasteiger partial charge in [-0.2, -0.15) is 5.10 Å². The average molecular weight is 277 g/mol. The third-order valence-corrected chi connectivity index (χ3v) is 4.13. The number of amides is 1. The molecule has 0 spiro atoms. The van der Waals surface area contributed by atoms with Crippen LogP contribution in [0.2, 0.25) is 0 Å². The van der Waals surface area contributed by atoms with Gasteiger partial charge in [0.1, 0.15) is 18.7 Å². The Morgan fingerprint density at radius 2 is 2.42 bits per heavy atom. The Morgan fingerprint density at radius 3 is 3.16 bits per heavy atom. The number of aromatic nitrogens is 3. The first-order valence-electron chi connectivity index (χ1n) is 6.22. The molecular formula is C12H15N5OS. The second-order valence-corrected chi connectivity index (χ2v) is 5.38. The van der Waals surface area contributed by atoms with E-state index in [1.807, 2.05) is 17.5 Å². The molecule has 1 aliphatic heterocycles. The van der Waals surface area contributed by atoms with E-state index in [1.165, 1.54) is 6.33 Å². The quantitative estimate of drug-likeness (QED) is 0.884. The third kappa shape index (κ3) is 2.66. The standard InChI is InChI=1S/C12H15N5OS/c18-12-11(10-2-1-7-19-10)16(4-3-14-12)5-6-17-9-13-8-15-17/h1-2,7-9,11H,3-6H2,(H,14,18). The summed E-state index contributed by atoms with van der Waals surface area (Å²) in [5.41, 5.74) is 0. The van der Waals surface area contributed by atoms with Crippen LogP contribution < -0.4 is 5.32 Å². The van der Waals surface area contributed by atoms with Crippen molar-refractivity contribution in [3.05, 3.63) is 35.0 Å². The van der Waals surface area contributed by atoms with Crippen molar-refractivity contribution in [1.29, 1.82) is 0 Å². The molecule has 0 radical (unpaired) electrons. The van der Waals surface area contributed by atoms with E-state index in [0.29, 0.717) is 6.54 Å². The van der Waals surface area contributed by atoms with Crippen LogP contribution in [0.4, 0.5) is 0 Å². The normalized spacial score (nSPS) is 20.4. The van der Waals surface area contributed by atoms with Crippen LogP contribution in [-0.4, -0.2) is 45.2 Å². The summed E-state index contributed by atoms with van der Waals surface area (Å²) >= 11 is 1.62. The fourth-order valence-corrected chi connectivity index (χ4v) is 3.15. The van der Waals surface area contributed by atoms with Gasteiger partial charge in [-0.1, -0.05) is 6.07 Å². The van der Waals surface area contributed by atoms with Crippen LogP contribution in [0.5, 0.6) is 0 Å². The summed E-state index contributed by atoms with van der Waals surface area (Å²) in [7, 11) is 0. The van der Waals surface area contributed by atoms with Gasteiger partial charge in [0.2, 0.25) is 5.91 Å². The zero-order chi connectivity index (χ0) is 13.1. The van der Waals surface area contributed by atoms with Crippen LogP contribution in [0, 0.1) is 0 Å². The predicted molar refractivity (Wildman–Crippen MR) is 71.7 cm³/mol. The molecule has 0 aromatic carbocycles. The SMILES string of the molecule is O=C1NCCN(CCn2cncn2)C1c1cccs1. The fraction of sp³-hybridized carbons (Fsp3) is 0.417. The van der Waals surface area contributed by atoms with Gasteiger partial charge < -0.3 is 5.32 Å². The number of nitrogens with one attached hydrogen (secondary N) is 1. The van der Waals surface area contributed by atoms with E-state index in [2.05, 4.69) is 20.3 Å². The molecule has 3 rings (SSSR count). The molecule has 2 aromatic heterocycles. The first-order valence-corrected chi connectivity index (χ1v) is 7.10. The molecule has 1 N–H and O–H groups in total. The highest BCUT2D eigenvalue weighted by molar-refractivity contribution is 7.10. The highest BCUT2D eigenvalue weighted by atomic mass is 32.1. The minimum atomic E-state index is -0.169. The molecule has 3 heterocycles. The van der Waals surface area contributed by atoms with Crippen molar-refractivity contribution >= 4 is 17.2 Å². The molecule has 1 saturated heterocycles.